The third-order valence-electron chi connectivity index (χ3n) is 8.30. The minimum Gasteiger partial charge on any atom is -0.465 e. The van der Waals surface area contributed by atoms with Gasteiger partial charge in [0.05, 0.1) is 24.5 Å². The number of esters is 1. The zero-order valence-corrected chi connectivity index (χ0v) is 22.2. The van der Waals surface area contributed by atoms with Crippen LogP contribution in [0, 0.1) is 11.8 Å². The molecule has 8 nitrogen and oxygen atoms in total. The van der Waals surface area contributed by atoms with Gasteiger partial charge in [0.25, 0.3) is 5.91 Å². The Labute approximate surface area is 228 Å². The van der Waals surface area contributed by atoms with E-state index in [1.807, 2.05) is 42.5 Å². The molecule has 39 heavy (non-hydrogen) atoms. The molecular formula is C31H36N2O6. The number of likely N-dealkylation sites (tertiary alicyclic amines) is 1. The van der Waals surface area contributed by atoms with E-state index in [0.717, 1.165) is 10.8 Å². The Bertz CT molecular complexity index is 1280. The third-order valence-corrected chi connectivity index (χ3v) is 8.30. The second-order valence-electron chi connectivity index (χ2n) is 10.5. The summed E-state index contributed by atoms with van der Waals surface area (Å²) in [7, 11) is 0. The van der Waals surface area contributed by atoms with Crippen LogP contribution in [-0.4, -0.2) is 71.8 Å². The summed E-state index contributed by atoms with van der Waals surface area (Å²) in [5.74, 6) is -2.49. The van der Waals surface area contributed by atoms with Crippen LogP contribution >= 0.6 is 0 Å². The van der Waals surface area contributed by atoms with Gasteiger partial charge in [-0.1, -0.05) is 42.5 Å². The predicted molar refractivity (Wildman–Crippen MR) is 148 cm³/mol. The molecule has 2 bridgehead atoms. The molecule has 1 spiro atoms. The van der Waals surface area contributed by atoms with Gasteiger partial charge in [0.1, 0.15) is 11.6 Å². The van der Waals surface area contributed by atoms with Gasteiger partial charge >= 0.3 is 5.97 Å². The number of nitrogens with zero attached hydrogens (tertiary/aromatic N) is 2. The highest BCUT2D eigenvalue weighted by Crippen LogP contribution is 2.59. The number of fused-ring (bicyclic) bond motifs is 2. The van der Waals surface area contributed by atoms with E-state index in [2.05, 4.69) is 13.2 Å². The van der Waals surface area contributed by atoms with Crippen LogP contribution in [0.15, 0.2) is 67.8 Å². The number of unbranched alkanes of at least 4 members (excludes halogenated alkanes) is 1. The first kappa shape index (κ1) is 27.1. The molecule has 3 aliphatic heterocycles. The standard InChI is InChI=1S/C31H36N2O6/c1-3-5-19-38-30(37)25-24-14-15-31(39-24)26(25)28(35)33(17-8-9-18-34)27(31)29(36)32(16-4-2)23-13-12-21-10-6-7-11-22(21)20-23/h3-4,6-7,10-13,20,24-27,34H,1-2,5,8-9,14-19H2/t24-,25+,26-,27?,31?/m0/s1. The molecule has 0 saturated carbocycles. The highest BCUT2D eigenvalue weighted by molar-refractivity contribution is 6.05. The van der Waals surface area contributed by atoms with Crippen molar-refractivity contribution in [1.29, 1.82) is 0 Å². The van der Waals surface area contributed by atoms with E-state index in [0.29, 0.717) is 44.3 Å². The van der Waals surface area contributed by atoms with Crippen molar-refractivity contribution in [3.8, 4) is 0 Å². The van der Waals surface area contributed by atoms with Gasteiger partial charge in [-0.05, 0) is 55.0 Å². The fraction of sp³-hybridized carbons (Fsp3) is 0.452. The normalized spacial score (nSPS) is 27.0. The lowest BCUT2D eigenvalue weighted by Crippen LogP contribution is -2.56. The summed E-state index contributed by atoms with van der Waals surface area (Å²) < 4.78 is 12.0. The molecular weight excluding hydrogens is 496 g/mol. The molecule has 1 N–H and O–H groups in total. The number of ether oxygens (including phenoxy) is 2. The second kappa shape index (κ2) is 11.3. The number of rotatable bonds is 12. The zero-order valence-electron chi connectivity index (χ0n) is 22.2. The van der Waals surface area contributed by atoms with Crippen molar-refractivity contribution in [3.05, 3.63) is 67.8 Å². The molecule has 3 aliphatic rings. The number of carbonyl (C=O) groups is 3. The summed E-state index contributed by atoms with van der Waals surface area (Å²) in [6.07, 6.45) is 5.52. The quantitative estimate of drug-likeness (QED) is 0.255. The van der Waals surface area contributed by atoms with Gasteiger partial charge in [-0.3, -0.25) is 14.4 Å². The molecule has 0 aromatic heterocycles. The average molecular weight is 533 g/mol. The molecule has 206 valence electrons. The molecule has 2 amide bonds. The Morgan fingerprint density at radius 2 is 1.95 bits per heavy atom. The Morgan fingerprint density at radius 3 is 2.69 bits per heavy atom. The van der Waals surface area contributed by atoms with Crippen molar-refractivity contribution >= 4 is 34.2 Å². The maximum atomic E-state index is 14.5. The van der Waals surface area contributed by atoms with Gasteiger partial charge in [0.2, 0.25) is 5.91 Å². The van der Waals surface area contributed by atoms with Crippen LogP contribution in [-0.2, 0) is 23.9 Å². The van der Waals surface area contributed by atoms with Crippen molar-refractivity contribution in [2.45, 2.75) is 49.9 Å². The number of amides is 2. The highest BCUT2D eigenvalue weighted by atomic mass is 16.6. The smallest absolute Gasteiger partial charge is 0.312 e. The molecule has 3 heterocycles. The molecule has 5 atom stereocenters. The van der Waals surface area contributed by atoms with Crippen LogP contribution < -0.4 is 4.90 Å². The first-order chi connectivity index (χ1) is 19.0. The fourth-order valence-corrected chi connectivity index (χ4v) is 6.62. The Morgan fingerprint density at radius 1 is 1.15 bits per heavy atom. The largest absolute Gasteiger partial charge is 0.465 e. The van der Waals surface area contributed by atoms with Crippen molar-refractivity contribution in [2.24, 2.45) is 11.8 Å². The van der Waals surface area contributed by atoms with Gasteiger partial charge in [0, 0.05) is 25.4 Å². The predicted octanol–water partition coefficient (Wildman–Crippen LogP) is 3.63. The Hall–Kier alpha value is -3.49. The first-order valence-corrected chi connectivity index (χ1v) is 13.7. The Balaban J connectivity index is 1.52. The van der Waals surface area contributed by atoms with E-state index in [1.54, 1.807) is 22.0 Å². The summed E-state index contributed by atoms with van der Waals surface area (Å²) in [6, 6.07) is 12.9. The van der Waals surface area contributed by atoms with Crippen LogP contribution in [0.5, 0.6) is 0 Å². The fourth-order valence-electron chi connectivity index (χ4n) is 6.62. The molecule has 3 fully saturated rings. The molecule has 2 aromatic carbocycles. The monoisotopic (exact) mass is 532 g/mol. The van der Waals surface area contributed by atoms with Crippen LogP contribution in [0.2, 0.25) is 0 Å². The van der Waals surface area contributed by atoms with E-state index in [1.165, 1.54) is 0 Å². The lowest BCUT2D eigenvalue weighted by molar-refractivity contribution is -0.155. The first-order valence-electron chi connectivity index (χ1n) is 13.7. The SMILES string of the molecule is C=CCCOC(=O)[C@@H]1[C@@H]2CCC3(O2)C(C(=O)N(CC=C)c2ccc4ccccc4c2)N(CCCCO)C(=O)[C@H]13. The number of benzene rings is 2. The van der Waals surface area contributed by atoms with E-state index in [9.17, 15) is 19.5 Å². The van der Waals surface area contributed by atoms with Crippen LogP contribution in [0.25, 0.3) is 10.8 Å². The number of hydrogen-bond acceptors (Lipinski definition) is 6. The van der Waals surface area contributed by atoms with Crippen molar-refractivity contribution in [2.75, 3.05) is 31.2 Å². The molecule has 0 aliphatic carbocycles. The van der Waals surface area contributed by atoms with Gasteiger partial charge < -0.3 is 24.4 Å². The van der Waals surface area contributed by atoms with E-state index in [4.69, 9.17) is 9.47 Å². The zero-order chi connectivity index (χ0) is 27.6. The van der Waals surface area contributed by atoms with E-state index < -0.39 is 35.6 Å². The van der Waals surface area contributed by atoms with Gasteiger partial charge in [-0.2, -0.15) is 0 Å². The number of aliphatic hydroxyl groups is 1. The van der Waals surface area contributed by atoms with Crippen LogP contribution in [0.4, 0.5) is 5.69 Å². The average Bonchev–Trinajstić information content (AvgIpc) is 3.59. The molecule has 3 saturated heterocycles. The van der Waals surface area contributed by atoms with Gasteiger partial charge in [-0.15, -0.1) is 13.2 Å². The van der Waals surface area contributed by atoms with Crippen molar-refractivity contribution in [3.63, 3.8) is 0 Å². The molecule has 2 unspecified atom stereocenters. The molecule has 5 rings (SSSR count). The molecule has 2 aromatic rings. The van der Waals surface area contributed by atoms with Crippen molar-refractivity contribution in [1.82, 2.24) is 4.90 Å². The van der Waals surface area contributed by atoms with Crippen LogP contribution in [0.1, 0.15) is 32.1 Å². The maximum Gasteiger partial charge on any atom is 0.312 e. The number of aliphatic hydroxyl groups excluding tert-OH is 1. The van der Waals surface area contributed by atoms with E-state index in [-0.39, 0.29) is 31.6 Å². The van der Waals surface area contributed by atoms with Crippen molar-refractivity contribution < 1.29 is 29.0 Å². The second-order valence-corrected chi connectivity index (χ2v) is 10.5. The maximum absolute atomic E-state index is 14.5. The third kappa shape index (κ3) is 4.66. The lowest BCUT2D eigenvalue weighted by atomic mass is 9.70. The molecule has 8 heteroatoms. The number of anilines is 1. The topological polar surface area (TPSA) is 96.4 Å². The highest BCUT2D eigenvalue weighted by Gasteiger charge is 2.75. The summed E-state index contributed by atoms with van der Waals surface area (Å²) in [5.41, 5.74) is -0.398. The summed E-state index contributed by atoms with van der Waals surface area (Å²) in [4.78, 5) is 44.9. The summed E-state index contributed by atoms with van der Waals surface area (Å²) in [5, 5.41) is 11.4. The summed E-state index contributed by atoms with van der Waals surface area (Å²) in [6.45, 7) is 8.26. The van der Waals surface area contributed by atoms with E-state index >= 15 is 0 Å². The number of hydrogen-bond donors (Lipinski definition) is 1. The van der Waals surface area contributed by atoms with Gasteiger partial charge in [0.15, 0.2) is 0 Å². The lowest BCUT2D eigenvalue weighted by Gasteiger charge is -2.36. The van der Waals surface area contributed by atoms with Gasteiger partial charge in [-0.25, -0.2) is 0 Å². The number of carbonyl (C=O) groups excluding carboxylic acids is 3. The van der Waals surface area contributed by atoms with Crippen LogP contribution in [0.3, 0.4) is 0 Å². The minimum absolute atomic E-state index is 0.00821. The minimum atomic E-state index is -1.10. The summed E-state index contributed by atoms with van der Waals surface area (Å²) >= 11 is 0. The Kier molecular flexibility index (Phi) is 7.86. The molecule has 0 radical (unpaired) electrons.